The van der Waals surface area contributed by atoms with E-state index >= 15 is 0 Å². The van der Waals surface area contributed by atoms with E-state index in [0.717, 1.165) is 12.2 Å². The van der Waals surface area contributed by atoms with E-state index in [0.29, 0.717) is 0 Å². The summed E-state index contributed by atoms with van der Waals surface area (Å²) in [5.74, 6) is -0.0946. The first-order valence-corrected chi connectivity index (χ1v) is 3.71. The molecule has 0 aliphatic rings. The molecule has 0 saturated heterocycles. The van der Waals surface area contributed by atoms with E-state index in [1.165, 1.54) is 0 Å². The molecule has 1 unspecified atom stereocenters. The fraction of sp³-hybridized carbons (Fsp3) is 0.500. The van der Waals surface area contributed by atoms with Crippen molar-refractivity contribution >= 4 is 0 Å². The third-order valence-electron chi connectivity index (χ3n) is 1.62. The largest absolute Gasteiger partial charge is 0.273 e. The molecule has 0 saturated carbocycles. The van der Waals surface area contributed by atoms with Crippen molar-refractivity contribution in [2.75, 3.05) is 0 Å². The Morgan fingerprint density at radius 3 is 3.00 bits per heavy atom. The molecule has 0 N–H and O–H groups in total. The van der Waals surface area contributed by atoms with Crippen LogP contribution in [0.25, 0.3) is 0 Å². The van der Waals surface area contributed by atoms with Gasteiger partial charge in [0.2, 0.25) is 0 Å². The second-order valence-electron chi connectivity index (χ2n) is 2.45. The number of nitrogens with zero attached hydrogens (tertiary/aromatic N) is 3. The van der Waals surface area contributed by atoms with Gasteiger partial charge in [0, 0.05) is 12.7 Å². The first kappa shape index (κ1) is 7.80. The lowest BCUT2D eigenvalue weighted by atomic mass is 10.1. The van der Waals surface area contributed by atoms with Gasteiger partial charge in [-0.25, -0.2) is 0 Å². The highest BCUT2D eigenvalue weighted by Gasteiger charge is 2.05. The Morgan fingerprint density at radius 2 is 2.55 bits per heavy atom. The molecule has 0 bridgehead atoms. The van der Waals surface area contributed by atoms with E-state index in [-0.39, 0.29) is 5.92 Å². The number of nitriles is 1. The summed E-state index contributed by atoms with van der Waals surface area (Å²) in [5.41, 5.74) is 0.856. The lowest BCUT2D eigenvalue weighted by molar-refractivity contribution is 0.643. The van der Waals surface area contributed by atoms with Crippen LogP contribution in [0.2, 0.25) is 0 Å². The molecule has 58 valence electrons. The van der Waals surface area contributed by atoms with E-state index < -0.39 is 0 Å². The van der Waals surface area contributed by atoms with Crippen LogP contribution in [0.4, 0.5) is 0 Å². The molecular formula is C8H11N3. The average Bonchev–Trinajstić information content (AvgIpc) is 2.50. The predicted molar refractivity (Wildman–Crippen MR) is 41.9 cm³/mol. The SMILES string of the molecule is CCn1ccc(C(C)C#N)n1. The highest BCUT2D eigenvalue weighted by atomic mass is 15.3. The van der Waals surface area contributed by atoms with Crippen molar-refractivity contribution in [1.29, 1.82) is 5.26 Å². The molecule has 11 heavy (non-hydrogen) atoms. The van der Waals surface area contributed by atoms with Gasteiger partial charge in [-0.3, -0.25) is 4.68 Å². The maximum Gasteiger partial charge on any atom is 0.0875 e. The van der Waals surface area contributed by atoms with Crippen LogP contribution < -0.4 is 0 Å². The fourth-order valence-electron chi connectivity index (χ4n) is 0.851. The van der Waals surface area contributed by atoms with Gasteiger partial charge in [0.1, 0.15) is 0 Å². The zero-order valence-corrected chi connectivity index (χ0v) is 6.78. The Hall–Kier alpha value is -1.30. The first-order valence-electron chi connectivity index (χ1n) is 3.71. The summed E-state index contributed by atoms with van der Waals surface area (Å²) in [7, 11) is 0. The molecule has 0 spiro atoms. The molecule has 3 heteroatoms. The summed E-state index contributed by atoms with van der Waals surface area (Å²) in [6.45, 7) is 4.73. The summed E-state index contributed by atoms with van der Waals surface area (Å²) in [6, 6.07) is 4.03. The van der Waals surface area contributed by atoms with E-state index in [1.807, 2.05) is 30.8 Å². The molecule has 0 aliphatic heterocycles. The van der Waals surface area contributed by atoms with Gasteiger partial charge in [-0.05, 0) is 19.9 Å². The van der Waals surface area contributed by atoms with Crippen molar-refractivity contribution in [3.8, 4) is 6.07 Å². The standard InChI is InChI=1S/C8H11N3/c1-3-11-5-4-8(10-11)7(2)6-9/h4-5,7H,3H2,1-2H3. The van der Waals surface area contributed by atoms with E-state index in [2.05, 4.69) is 11.2 Å². The Balaban J connectivity index is 2.82. The highest BCUT2D eigenvalue weighted by molar-refractivity contribution is 5.12. The van der Waals surface area contributed by atoms with Gasteiger partial charge in [-0.1, -0.05) is 0 Å². The normalized spacial score (nSPS) is 12.5. The van der Waals surface area contributed by atoms with E-state index in [4.69, 9.17) is 5.26 Å². The Morgan fingerprint density at radius 1 is 1.82 bits per heavy atom. The average molecular weight is 149 g/mol. The maximum absolute atomic E-state index is 8.57. The van der Waals surface area contributed by atoms with Crippen molar-refractivity contribution < 1.29 is 0 Å². The van der Waals surface area contributed by atoms with Gasteiger partial charge in [-0.2, -0.15) is 10.4 Å². The van der Waals surface area contributed by atoms with Gasteiger partial charge in [0.05, 0.1) is 17.7 Å². The number of hydrogen-bond donors (Lipinski definition) is 0. The van der Waals surface area contributed by atoms with Crippen LogP contribution in [0.15, 0.2) is 12.3 Å². The molecule has 1 rings (SSSR count). The Labute approximate surface area is 66.3 Å². The summed E-state index contributed by atoms with van der Waals surface area (Å²) in [5, 5.41) is 12.8. The minimum Gasteiger partial charge on any atom is -0.273 e. The van der Waals surface area contributed by atoms with Crippen LogP contribution in [0.5, 0.6) is 0 Å². The zero-order valence-electron chi connectivity index (χ0n) is 6.78. The van der Waals surface area contributed by atoms with Gasteiger partial charge in [0.15, 0.2) is 0 Å². The van der Waals surface area contributed by atoms with E-state index in [1.54, 1.807) is 0 Å². The topological polar surface area (TPSA) is 41.6 Å². The van der Waals surface area contributed by atoms with Gasteiger partial charge < -0.3 is 0 Å². The lowest BCUT2D eigenvalue weighted by Crippen LogP contribution is -1.97. The molecule has 1 aromatic heterocycles. The fourth-order valence-corrected chi connectivity index (χ4v) is 0.851. The Kier molecular flexibility index (Phi) is 2.27. The quantitative estimate of drug-likeness (QED) is 0.639. The third kappa shape index (κ3) is 1.58. The highest BCUT2D eigenvalue weighted by Crippen LogP contribution is 2.09. The number of aromatic nitrogens is 2. The summed E-state index contributed by atoms with van der Waals surface area (Å²) >= 11 is 0. The Bertz CT molecular complexity index is 269. The first-order chi connectivity index (χ1) is 5.27. The second kappa shape index (κ2) is 3.20. The lowest BCUT2D eigenvalue weighted by Gasteiger charge is -1.95. The van der Waals surface area contributed by atoms with Crippen LogP contribution in [0, 0.1) is 11.3 Å². The van der Waals surface area contributed by atoms with Crippen LogP contribution in [-0.2, 0) is 6.54 Å². The van der Waals surface area contributed by atoms with Crippen molar-refractivity contribution in [3.05, 3.63) is 18.0 Å². The van der Waals surface area contributed by atoms with Crippen molar-refractivity contribution in [3.63, 3.8) is 0 Å². The maximum atomic E-state index is 8.57. The van der Waals surface area contributed by atoms with E-state index in [9.17, 15) is 0 Å². The van der Waals surface area contributed by atoms with Crippen molar-refractivity contribution in [2.45, 2.75) is 26.3 Å². The van der Waals surface area contributed by atoms with Crippen LogP contribution in [0.3, 0.4) is 0 Å². The smallest absolute Gasteiger partial charge is 0.0875 e. The van der Waals surface area contributed by atoms with Gasteiger partial charge in [-0.15, -0.1) is 0 Å². The van der Waals surface area contributed by atoms with Gasteiger partial charge >= 0.3 is 0 Å². The zero-order chi connectivity index (χ0) is 8.27. The molecule has 0 aromatic carbocycles. The molecule has 1 heterocycles. The van der Waals surface area contributed by atoms with Crippen molar-refractivity contribution in [2.24, 2.45) is 0 Å². The minimum atomic E-state index is -0.0946. The predicted octanol–water partition coefficient (Wildman–Crippen LogP) is 1.53. The molecule has 0 radical (unpaired) electrons. The molecule has 3 nitrogen and oxygen atoms in total. The van der Waals surface area contributed by atoms with Crippen LogP contribution in [-0.4, -0.2) is 9.78 Å². The molecule has 1 atom stereocenters. The molecular weight excluding hydrogens is 138 g/mol. The van der Waals surface area contributed by atoms with Crippen molar-refractivity contribution in [1.82, 2.24) is 9.78 Å². The number of hydrogen-bond acceptors (Lipinski definition) is 2. The minimum absolute atomic E-state index is 0.0946. The molecule has 0 aliphatic carbocycles. The second-order valence-corrected chi connectivity index (χ2v) is 2.45. The number of rotatable bonds is 2. The third-order valence-corrected chi connectivity index (χ3v) is 1.62. The molecule has 0 fully saturated rings. The molecule has 0 amide bonds. The summed E-state index contributed by atoms with van der Waals surface area (Å²) in [6.07, 6.45) is 1.89. The molecule has 1 aromatic rings. The monoisotopic (exact) mass is 149 g/mol. The van der Waals surface area contributed by atoms with Crippen LogP contribution in [0.1, 0.15) is 25.5 Å². The van der Waals surface area contributed by atoms with Gasteiger partial charge in [0.25, 0.3) is 0 Å². The summed E-state index contributed by atoms with van der Waals surface area (Å²) in [4.78, 5) is 0. The number of aryl methyl sites for hydroxylation is 1. The summed E-state index contributed by atoms with van der Waals surface area (Å²) < 4.78 is 1.82. The van der Waals surface area contributed by atoms with Crippen LogP contribution >= 0.6 is 0 Å².